The van der Waals surface area contributed by atoms with E-state index < -0.39 is 5.97 Å². The van der Waals surface area contributed by atoms with Gasteiger partial charge < -0.3 is 10.5 Å². The number of hydrogen-bond acceptors (Lipinski definition) is 5. The van der Waals surface area contributed by atoms with Gasteiger partial charge in [-0.3, -0.25) is 0 Å². The molecule has 1 heterocycles. The molecule has 18 heavy (non-hydrogen) atoms. The van der Waals surface area contributed by atoms with Crippen molar-refractivity contribution < 1.29 is 9.53 Å². The van der Waals surface area contributed by atoms with E-state index >= 15 is 0 Å². The Labute approximate surface area is 105 Å². The first-order valence-corrected chi connectivity index (χ1v) is 5.44. The van der Waals surface area contributed by atoms with Crippen molar-refractivity contribution in [1.29, 1.82) is 0 Å². The zero-order valence-corrected chi connectivity index (χ0v) is 9.96. The van der Waals surface area contributed by atoms with Crippen molar-refractivity contribution in [2.75, 3.05) is 12.8 Å². The first-order chi connectivity index (χ1) is 8.70. The number of ether oxygens (including phenoxy) is 1. The van der Waals surface area contributed by atoms with Gasteiger partial charge in [0.15, 0.2) is 0 Å². The summed E-state index contributed by atoms with van der Waals surface area (Å²) < 4.78 is 4.58. The second-order valence-corrected chi connectivity index (χ2v) is 3.74. The smallest absolute Gasteiger partial charge is 0.343 e. The molecule has 5 nitrogen and oxygen atoms in total. The maximum atomic E-state index is 11.3. The third-order valence-electron chi connectivity index (χ3n) is 2.48. The molecule has 92 valence electrons. The van der Waals surface area contributed by atoms with Gasteiger partial charge >= 0.3 is 5.97 Å². The van der Waals surface area contributed by atoms with E-state index in [0.717, 1.165) is 5.56 Å². The molecule has 2 N–H and O–H groups in total. The molecule has 2 aromatic rings. The molecule has 0 bridgehead atoms. The number of hydrogen-bond donors (Lipinski definition) is 1. The van der Waals surface area contributed by atoms with Crippen LogP contribution in [0, 0.1) is 0 Å². The molecule has 0 aliphatic rings. The molecule has 0 amide bonds. The van der Waals surface area contributed by atoms with Crippen LogP contribution in [0.3, 0.4) is 0 Å². The topological polar surface area (TPSA) is 78.1 Å². The van der Waals surface area contributed by atoms with E-state index in [-0.39, 0.29) is 11.4 Å². The highest BCUT2D eigenvalue weighted by Gasteiger charge is 2.12. The summed E-state index contributed by atoms with van der Waals surface area (Å²) >= 11 is 0. The SMILES string of the molecule is COC(=O)c1cnc(Cc2ccccc2)nc1N. The van der Waals surface area contributed by atoms with Crippen LogP contribution in [0.15, 0.2) is 36.5 Å². The van der Waals surface area contributed by atoms with Crippen LogP contribution < -0.4 is 5.73 Å². The van der Waals surface area contributed by atoms with Crippen molar-refractivity contribution in [3.8, 4) is 0 Å². The molecule has 1 aromatic carbocycles. The molecular formula is C13H13N3O2. The van der Waals surface area contributed by atoms with Gasteiger partial charge in [0.25, 0.3) is 0 Å². The van der Waals surface area contributed by atoms with Crippen molar-refractivity contribution in [3.63, 3.8) is 0 Å². The van der Waals surface area contributed by atoms with E-state index in [2.05, 4.69) is 14.7 Å². The minimum Gasteiger partial charge on any atom is -0.465 e. The van der Waals surface area contributed by atoms with Gasteiger partial charge in [-0.1, -0.05) is 30.3 Å². The van der Waals surface area contributed by atoms with Crippen LogP contribution in [0.2, 0.25) is 0 Å². The summed E-state index contributed by atoms with van der Waals surface area (Å²) in [6.07, 6.45) is 1.97. The molecule has 0 saturated heterocycles. The molecule has 1 aromatic heterocycles. The Morgan fingerprint density at radius 2 is 2.06 bits per heavy atom. The van der Waals surface area contributed by atoms with Gasteiger partial charge in [-0.05, 0) is 5.56 Å². The van der Waals surface area contributed by atoms with Crippen LogP contribution in [0.5, 0.6) is 0 Å². The summed E-state index contributed by atoms with van der Waals surface area (Å²) in [5.74, 6) is 0.188. The number of benzene rings is 1. The molecule has 0 unspecified atom stereocenters. The summed E-state index contributed by atoms with van der Waals surface area (Å²) in [6, 6.07) is 9.80. The van der Waals surface area contributed by atoms with Crippen molar-refractivity contribution in [2.24, 2.45) is 0 Å². The minimum atomic E-state index is -0.529. The standard InChI is InChI=1S/C13H13N3O2/c1-18-13(17)10-8-15-11(16-12(10)14)7-9-5-3-2-4-6-9/h2-6,8H,7H2,1H3,(H2,14,15,16). The van der Waals surface area contributed by atoms with Crippen molar-refractivity contribution >= 4 is 11.8 Å². The molecule has 0 fully saturated rings. The summed E-state index contributed by atoms with van der Waals surface area (Å²) in [5, 5.41) is 0. The van der Waals surface area contributed by atoms with Gasteiger partial charge in [0.1, 0.15) is 17.2 Å². The monoisotopic (exact) mass is 243 g/mol. The van der Waals surface area contributed by atoms with Gasteiger partial charge in [-0.15, -0.1) is 0 Å². The van der Waals surface area contributed by atoms with Crippen molar-refractivity contribution in [2.45, 2.75) is 6.42 Å². The molecular weight excluding hydrogens is 230 g/mol. The van der Waals surface area contributed by atoms with Gasteiger partial charge in [-0.25, -0.2) is 14.8 Å². The number of anilines is 1. The van der Waals surface area contributed by atoms with E-state index in [9.17, 15) is 4.79 Å². The number of carbonyl (C=O) groups excluding carboxylic acids is 1. The van der Waals surface area contributed by atoms with Crippen LogP contribution in [0.4, 0.5) is 5.82 Å². The van der Waals surface area contributed by atoms with E-state index in [0.29, 0.717) is 12.2 Å². The molecule has 0 aliphatic carbocycles. The summed E-state index contributed by atoms with van der Waals surface area (Å²) in [7, 11) is 1.29. The number of nitrogens with two attached hydrogens (primary N) is 1. The van der Waals surface area contributed by atoms with Crippen LogP contribution in [-0.4, -0.2) is 23.0 Å². The summed E-state index contributed by atoms with van der Waals surface area (Å²) in [6.45, 7) is 0. The zero-order valence-electron chi connectivity index (χ0n) is 9.96. The number of esters is 1. The van der Waals surface area contributed by atoms with Crippen molar-refractivity contribution in [1.82, 2.24) is 9.97 Å². The predicted molar refractivity (Wildman–Crippen MR) is 67.0 cm³/mol. The molecule has 0 saturated carbocycles. The lowest BCUT2D eigenvalue weighted by atomic mass is 10.1. The van der Waals surface area contributed by atoms with Gasteiger partial charge in [-0.2, -0.15) is 0 Å². The van der Waals surface area contributed by atoms with Crippen LogP contribution in [-0.2, 0) is 11.2 Å². The molecule has 0 atom stereocenters. The Morgan fingerprint density at radius 3 is 2.67 bits per heavy atom. The van der Waals surface area contributed by atoms with E-state index in [1.807, 2.05) is 30.3 Å². The minimum absolute atomic E-state index is 0.141. The number of aromatic nitrogens is 2. The molecule has 5 heteroatoms. The molecule has 0 aliphatic heterocycles. The Hall–Kier alpha value is -2.43. The lowest BCUT2D eigenvalue weighted by molar-refractivity contribution is 0.0601. The average Bonchev–Trinajstić information content (AvgIpc) is 2.39. The van der Waals surface area contributed by atoms with Gasteiger partial charge in [0.05, 0.1) is 7.11 Å². The number of rotatable bonds is 3. The lowest BCUT2D eigenvalue weighted by Gasteiger charge is -2.05. The Kier molecular flexibility index (Phi) is 3.52. The van der Waals surface area contributed by atoms with E-state index in [1.54, 1.807) is 0 Å². The first kappa shape index (κ1) is 12.0. The second-order valence-electron chi connectivity index (χ2n) is 3.74. The van der Waals surface area contributed by atoms with Crippen LogP contribution in [0.1, 0.15) is 21.7 Å². The Balaban J connectivity index is 2.22. The molecule has 0 spiro atoms. The highest BCUT2D eigenvalue weighted by atomic mass is 16.5. The predicted octanol–water partition coefficient (Wildman–Crippen LogP) is 1.44. The highest BCUT2D eigenvalue weighted by molar-refractivity contribution is 5.93. The van der Waals surface area contributed by atoms with Crippen LogP contribution >= 0.6 is 0 Å². The fraction of sp³-hybridized carbons (Fsp3) is 0.154. The highest BCUT2D eigenvalue weighted by Crippen LogP contribution is 2.11. The summed E-state index contributed by atoms with van der Waals surface area (Å²) in [5.41, 5.74) is 6.97. The Bertz CT molecular complexity index is 555. The van der Waals surface area contributed by atoms with Gasteiger partial charge in [0.2, 0.25) is 0 Å². The lowest BCUT2D eigenvalue weighted by Crippen LogP contribution is -2.10. The van der Waals surface area contributed by atoms with Crippen molar-refractivity contribution in [3.05, 3.63) is 53.5 Å². The maximum absolute atomic E-state index is 11.3. The van der Waals surface area contributed by atoms with Gasteiger partial charge in [0, 0.05) is 12.6 Å². The first-order valence-electron chi connectivity index (χ1n) is 5.44. The number of methoxy groups -OCH3 is 1. The maximum Gasteiger partial charge on any atom is 0.343 e. The third-order valence-corrected chi connectivity index (χ3v) is 2.48. The number of nitrogens with zero attached hydrogens (tertiary/aromatic N) is 2. The number of carbonyl (C=O) groups is 1. The number of nitrogen functional groups attached to an aromatic ring is 1. The average molecular weight is 243 g/mol. The fourth-order valence-corrected chi connectivity index (χ4v) is 1.56. The van der Waals surface area contributed by atoms with E-state index in [4.69, 9.17) is 5.73 Å². The second kappa shape index (κ2) is 5.27. The third kappa shape index (κ3) is 2.63. The normalized spacial score (nSPS) is 10.1. The quantitative estimate of drug-likeness (QED) is 0.825. The summed E-state index contributed by atoms with van der Waals surface area (Å²) in [4.78, 5) is 19.5. The zero-order chi connectivity index (χ0) is 13.0. The van der Waals surface area contributed by atoms with Crippen LogP contribution in [0.25, 0.3) is 0 Å². The van der Waals surface area contributed by atoms with E-state index in [1.165, 1.54) is 13.3 Å². The molecule has 0 radical (unpaired) electrons. The fourth-order valence-electron chi connectivity index (χ4n) is 1.56. The Morgan fingerprint density at radius 1 is 1.33 bits per heavy atom. The largest absolute Gasteiger partial charge is 0.465 e. The molecule has 2 rings (SSSR count).